The smallest absolute Gasteiger partial charge is 0.352 e. The molecule has 3 aromatic carbocycles. The Hall–Kier alpha value is -3.60. The van der Waals surface area contributed by atoms with Crippen molar-refractivity contribution in [2.75, 3.05) is 0 Å². The maximum Gasteiger partial charge on any atom is 0.352 e. The van der Waals surface area contributed by atoms with Crippen LogP contribution < -0.4 is 5.73 Å². The van der Waals surface area contributed by atoms with Crippen LogP contribution in [0.5, 0.6) is 0 Å². The molecule has 27 heavy (non-hydrogen) atoms. The first-order valence-electron chi connectivity index (χ1n) is 8.64. The molecule has 0 amide bonds. The minimum Gasteiger partial charge on any atom is -0.477 e. The monoisotopic (exact) mass is 357 g/mol. The molecule has 4 N–H and O–H groups in total. The van der Waals surface area contributed by atoms with Gasteiger partial charge in [0.25, 0.3) is 0 Å². The van der Waals surface area contributed by atoms with Crippen molar-refractivity contribution in [2.24, 2.45) is 5.73 Å². The number of amidine groups is 1. The summed E-state index contributed by atoms with van der Waals surface area (Å²) < 4.78 is 1.81. The first kappa shape index (κ1) is 16.8. The summed E-state index contributed by atoms with van der Waals surface area (Å²) >= 11 is 0. The predicted molar refractivity (Wildman–Crippen MR) is 108 cm³/mol. The second-order valence-electron chi connectivity index (χ2n) is 6.65. The van der Waals surface area contributed by atoms with Crippen molar-refractivity contribution < 1.29 is 9.90 Å². The Morgan fingerprint density at radius 2 is 1.81 bits per heavy atom. The minimum atomic E-state index is -0.965. The number of carboxylic acids is 1. The average molecular weight is 357 g/mol. The van der Waals surface area contributed by atoms with Crippen LogP contribution in [0.2, 0.25) is 0 Å². The van der Waals surface area contributed by atoms with Crippen LogP contribution in [0.1, 0.15) is 27.2 Å². The number of nitrogens with two attached hydrogens (primary N) is 1. The number of hydrogen-bond acceptors (Lipinski definition) is 2. The van der Waals surface area contributed by atoms with Gasteiger partial charge < -0.3 is 15.4 Å². The van der Waals surface area contributed by atoms with E-state index >= 15 is 0 Å². The fourth-order valence-electron chi connectivity index (χ4n) is 3.73. The van der Waals surface area contributed by atoms with Gasteiger partial charge in [-0.25, -0.2) is 4.79 Å². The molecule has 1 heterocycles. The maximum atomic E-state index is 12.0. The van der Waals surface area contributed by atoms with Gasteiger partial charge in [-0.15, -0.1) is 0 Å². The summed E-state index contributed by atoms with van der Waals surface area (Å²) in [5.74, 6) is -1.00. The predicted octanol–water partition coefficient (Wildman–Crippen LogP) is 4.13. The lowest BCUT2D eigenvalue weighted by Gasteiger charge is -2.12. The molecular weight excluding hydrogens is 338 g/mol. The zero-order valence-electron chi connectivity index (χ0n) is 14.9. The molecule has 0 bridgehead atoms. The van der Waals surface area contributed by atoms with E-state index in [2.05, 4.69) is 0 Å². The van der Waals surface area contributed by atoms with Crippen molar-refractivity contribution in [2.45, 2.75) is 13.5 Å². The van der Waals surface area contributed by atoms with E-state index < -0.39 is 5.97 Å². The summed E-state index contributed by atoms with van der Waals surface area (Å²) in [4.78, 5) is 12.0. The summed E-state index contributed by atoms with van der Waals surface area (Å²) in [7, 11) is 0. The van der Waals surface area contributed by atoms with Gasteiger partial charge in [0, 0.05) is 23.0 Å². The van der Waals surface area contributed by atoms with Crippen molar-refractivity contribution in [3.63, 3.8) is 0 Å². The third-order valence-electron chi connectivity index (χ3n) is 5.04. The van der Waals surface area contributed by atoms with Gasteiger partial charge in [-0.1, -0.05) is 54.6 Å². The zero-order chi connectivity index (χ0) is 19.1. The quantitative estimate of drug-likeness (QED) is 0.379. The molecule has 0 fully saturated rings. The van der Waals surface area contributed by atoms with E-state index in [4.69, 9.17) is 11.1 Å². The van der Waals surface area contributed by atoms with Crippen molar-refractivity contribution in [3.05, 3.63) is 83.0 Å². The zero-order valence-corrected chi connectivity index (χ0v) is 14.9. The van der Waals surface area contributed by atoms with Crippen LogP contribution in [0.15, 0.2) is 60.7 Å². The van der Waals surface area contributed by atoms with Gasteiger partial charge >= 0.3 is 5.97 Å². The molecule has 4 aromatic rings. The molecule has 5 nitrogen and oxygen atoms in total. The first-order valence-corrected chi connectivity index (χ1v) is 8.64. The lowest BCUT2D eigenvalue weighted by molar-refractivity contribution is 0.0685. The summed E-state index contributed by atoms with van der Waals surface area (Å²) in [5.41, 5.74) is 9.01. The highest BCUT2D eigenvalue weighted by molar-refractivity contribution is 6.02. The van der Waals surface area contributed by atoms with E-state index in [9.17, 15) is 9.90 Å². The van der Waals surface area contributed by atoms with Crippen LogP contribution in [0.3, 0.4) is 0 Å². The van der Waals surface area contributed by atoms with E-state index in [-0.39, 0.29) is 11.5 Å². The summed E-state index contributed by atoms with van der Waals surface area (Å²) in [5, 5.41) is 20.6. The molecule has 0 radical (unpaired) electrons. The maximum absolute atomic E-state index is 12.0. The summed E-state index contributed by atoms with van der Waals surface area (Å²) in [6.07, 6.45) is 0. The topological polar surface area (TPSA) is 92.1 Å². The summed E-state index contributed by atoms with van der Waals surface area (Å²) in [6.45, 7) is 2.24. The Labute approximate surface area is 156 Å². The number of aryl methyl sites for hydroxylation is 1. The van der Waals surface area contributed by atoms with E-state index in [1.54, 1.807) is 16.7 Å². The fourth-order valence-corrected chi connectivity index (χ4v) is 3.73. The highest BCUT2D eigenvalue weighted by Gasteiger charge is 2.20. The number of benzene rings is 3. The fraction of sp³-hybridized carbons (Fsp3) is 0.0909. The standard InChI is InChI=1S/C22H19N3O2/c1-13-17-10-9-15(21(23)24)11-19(17)25(20(13)22(26)27)12-16-7-4-6-14-5-2-3-8-18(14)16/h2-11H,12H2,1H3,(H3,23,24)(H,26,27). The Morgan fingerprint density at radius 1 is 1.07 bits per heavy atom. The Balaban J connectivity index is 1.99. The third-order valence-corrected chi connectivity index (χ3v) is 5.04. The van der Waals surface area contributed by atoms with Crippen LogP contribution in [-0.4, -0.2) is 21.5 Å². The molecule has 0 aliphatic carbocycles. The molecule has 0 saturated carbocycles. The van der Waals surface area contributed by atoms with Gasteiger partial charge in [-0.2, -0.15) is 0 Å². The molecule has 0 saturated heterocycles. The van der Waals surface area contributed by atoms with Crippen LogP contribution in [-0.2, 0) is 6.54 Å². The van der Waals surface area contributed by atoms with Crippen LogP contribution in [0, 0.1) is 12.3 Å². The molecule has 4 rings (SSSR count). The molecular formula is C22H19N3O2. The number of fused-ring (bicyclic) bond motifs is 2. The van der Waals surface area contributed by atoms with Crippen LogP contribution in [0.4, 0.5) is 0 Å². The number of hydrogen-bond donors (Lipinski definition) is 3. The van der Waals surface area contributed by atoms with Gasteiger partial charge in [0.15, 0.2) is 0 Å². The molecule has 1 aromatic heterocycles. The molecule has 0 aliphatic rings. The van der Waals surface area contributed by atoms with Crippen LogP contribution >= 0.6 is 0 Å². The van der Waals surface area contributed by atoms with E-state index in [0.29, 0.717) is 17.7 Å². The molecule has 134 valence electrons. The van der Waals surface area contributed by atoms with Gasteiger partial charge in [0.2, 0.25) is 0 Å². The van der Waals surface area contributed by atoms with Crippen LogP contribution in [0.25, 0.3) is 21.7 Å². The largest absolute Gasteiger partial charge is 0.477 e. The second-order valence-corrected chi connectivity index (χ2v) is 6.65. The number of carboxylic acid groups (broad SMARTS) is 1. The average Bonchev–Trinajstić information content (AvgIpc) is 2.93. The van der Waals surface area contributed by atoms with Crippen molar-refractivity contribution in [1.82, 2.24) is 4.57 Å². The third kappa shape index (κ3) is 2.73. The van der Waals surface area contributed by atoms with Gasteiger partial charge in [0.05, 0.1) is 0 Å². The van der Waals surface area contributed by atoms with Crippen molar-refractivity contribution in [3.8, 4) is 0 Å². The van der Waals surface area contributed by atoms with E-state index in [1.165, 1.54) is 0 Å². The molecule has 0 atom stereocenters. The van der Waals surface area contributed by atoms with E-state index in [1.807, 2.05) is 55.5 Å². The molecule has 0 aliphatic heterocycles. The molecule has 0 unspecified atom stereocenters. The second kappa shape index (κ2) is 6.29. The number of aromatic nitrogens is 1. The van der Waals surface area contributed by atoms with Crippen molar-refractivity contribution in [1.29, 1.82) is 5.41 Å². The van der Waals surface area contributed by atoms with Gasteiger partial charge in [-0.05, 0) is 34.9 Å². The lowest BCUT2D eigenvalue weighted by Crippen LogP contribution is -2.12. The summed E-state index contributed by atoms with van der Waals surface area (Å²) in [6, 6.07) is 19.5. The number of rotatable bonds is 4. The minimum absolute atomic E-state index is 0.0376. The molecule has 0 spiro atoms. The number of nitrogens with zero attached hydrogens (tertiary/aromatic N) is 1. The highest BCUT2D eigenvalue weighted by Crippen LogP contribution is 2.29. The Morgan fingerprint density at radius 3 is 2.56 bits per heavy atom. The first-order chi connectivity index (χ1) is 13.0. The van der Waals surface area contributed by atoms with Gasteiger partial charge in [0.1, 0.15) is 11.5 Å². The number of aromatic carboxylic acids is 1. The lowest BCUT2D eigenvalue weighted by atomic mass is 10.0. The van der Waals surface area contributed by atoms with Gasteiger partial charge in [-0.3, -0.25) is 5.41 Å². The normalized spacial score (nSPS) is 11.1. The Bertz CT molecular complexity index is 1220. The molecule has 5 heteroatoms. The number of nitrogens with one attached hydrogen (secondary N) is 1. The Kier molecular flexibility index (Phi) is 3.92. The SMILES string of the molecule is Cc1c(C(=O)O)n(Cc2cccc3ccccc23)c2cc(C(=N)N)ccc12. The van der Waals surface area contributed by atoms with Crippen molar-refractivity contribution >= 4 is 33.5 Å². The van der Waals surface area contributed by atoms with E-state index in [0.717, 1.165) is 27.2 Å². The highest BCUT2D eigenvalue weighted by atomic mass is 16.4. The number of nitrogen functional groups attached to an aromatic ring is 1. The number of carbonyl (C=O) groups is 1.